The Kier molecular flexibility index (Phi) is 6.32. The number of carbonyl (C=O) groups excluding carboxylic acids is 2. The molecule has 3 aromatic rings. The lowest BCUT2D eigenvalue weighted by atomic mass is 10.2. The number of methoxy groups -OCH3 is 1. The second-order valence-corrected chi connectivity index (χ2v) is 8.04. The van der Waals surface area contributed by atoms with E-state index in [1.54, 1.807) is 54.6 Å². The number of esters is 1. The average Bonchev–Trinajstić information content (AvgIpc) is 3.33. The number of benzene rings is 2. The number of anilines is 1. The molecule has 162 valence electrons. The molecule has 6 nitrogen and oxygen atoms in total. The van der Waals surface area contributed by atoms with Crippen molar-refractivity contribution in [3.63, 3.8) is 0 Å². The van der Waals surface area contributed by atoms with E-state index in [2.05, 4.69) is 0 Å². The highest BCUT2D eigenvalue weighted by Crippen LogP contribution is 2.31. The van der Waals surface area contributed by atoms with Gasteiger partial charge in [-0.2, -0.15) is 0 Å². The van der Waals surface area contributed by atoms with Crippen LogP contribution < -0.4 is 4.90 Å². The fourth-order valence-corrected chi connectivity index (χ4v) is 3.87. The van der Waals surface area contributed by atoms with E-state index in [0.29, 0.717) is 27.3 Å². The summed E-state index contributed by atoms with van der Waals surface area (Å²) in [6.07, 6.45) is 1.54. The molecule has 2 aromatic carbocycles. The Morgan fingerprint density at radius 2 is 1.84 bits per heavy atom. The summed E-state index contributed by atoms with van der Waals surface area (Å²) in [4.78, 5) is 28.0. The van der Waals surface area contributed by atoms with Gasteiger partial charge in [-0.05, 0) is 60.7 Å². The van der Waals surface area contributed by atoms with Crippen LogP contribution in [0.4, 0.5) is 5.69 Å². The summed E-state index contributed by atoms with van der Waals surface area (Å²) in [6, 6.07) is 17.4. The lowest BCUT2D eigenvalue weighted by Gasteiger charge is -2.19. The van der Waals surface area contributed by atoms with Gasteiger partial charge in [0.05, 0.1) is 12.8 Å². The summed E-state index contributed by atoms with van der Waals surface area (Å²) in [7, 11) is 1.27. The van der Waals surface area contributed by atoms with E-state index in [1.165, 1.54) is 16.9 Å². The van der Waals surface area contributed by atoms with Crippen LogP contribution in [-0.4, -0.2) is 35.5 Å². The number of amides is 1. The highest BCUT2D eigenvalue weighted by molar-refractivity contribution is 7.80. The molecule has 0 N–H and O–H groups in total. The molecule has 2 heterocycles. The van der Waals surface area contributed by atoms with Gasteiger partial charge in [0.2, 0.25) is 0 Å². The first kappa shape index (κ1) is 22.1. The predicted molar refractivity (Wildman–Crippen MR) is 127 cm³/mol. The first-order valence-electron chi connectivity index (χ1n) is 9.43. The second-order valence-electron chi connectivity index (χ2n) is 6.80. The number of furan rings is 1. The summed E-state index contributed by atoms with van der Waals surface area (Å²) in [6.45, 7) is -0.223. The molecule has 4 rings (SSSR count). The summed E-state index contributed by atoms with van der Waals surface area (Å²) >= 11 is 17.5. The first-order chi connectivity index (χ1) is 15.4. The normalized spacial score (nSPS) is 15.0. The standard InChI is InChI=1S/C23H16Cl2N2O4S/c1-30-21(28)13-26-19(22(29)27(23(26)32)17-7-5-15(24)6-8-17)12-18-9-10-20(31-18)14-3-2-4-16(25)11-14/h2-12H,13H2,1H3. The van der Waals surface area contributed by atoms with Crippen LogP contribution in [-0.2, 0) is 14.3 Å². The summed E-state index contributed by atoms with van der Waals surface area (Å²) in [5, 5.41) is 1.26. The Morgan fingerprint density at radius 3 is 2.53 bits per heavy atom. The van der Waals surface area contributed by atoms with Crippen LogP contribution >= 0.6 is 35.4 Å². The summed E-state index contributed by atoms with van der Waals surface area (Å²) in [5.41, 5.74) is 1.51. The maximum atomic E-state index is 13.3. The Labute approximate surface area is 199 Å². The van der Waals surface area contributed by atoms with E-state index in [9.17, 15) is 9.59 Å². The number of ether oxygens (including phenoxy) is 1. The minimum Gasteiger partial charge on any atom is -0.468 e. The largest absolute Gasteiger partial charge is 0.468 e. The van der Waals surface area contributed by atoms with Crippen LogP contribution in [0.15, 0.2) is 70.8 Å². The van der Waals surface area contributed by atoms with Gasteiger partial charge in [-0.1, -0.05) is 35.3 Å². The van der Waals surface area contributed by atoms with E-state index < -0.39 is 11.9 Å². The quantitative estimate of drug-likeness (QED) is 0.273. The molecule has 0 bridgehead atoms. The highest BCUT2D eigenvalue weighted by Gasteiger charge is 2.40. The van der Waals surface area contributed by atoms with Crippen molar-refractivity contribution in [3.8, 4) is 11.3 Å². The molecule has 0 radical (unpaired) electrons. The van der Waals surface area contributed by atoms with E-state index in [1.807, 2.05) is 12.1 Å². The van der Waals surface area contributed by atoms with Crippen LogP contribution in [0.2, 0.25) is 10.0 Å². The van der Waals surface area contributed by atoms with Crippen molar-refractivity contribution in [1.29, 1.82) is 0 Å². The predicted octanol–water partition coefficient (Wildman–Crippen LogP) is 5.40. The number of halogens is 2. The van der Waals surface area contributed by atoms with Gasteiger partial charge in [-0.3, -0.25) is 14.5 Å². The molecule has 1 aromatic heterocycles. The molecule has 32 heavy (non-hydrogen) atoms. The lowest BCUT2D eigenvalue weighted by Crippen LogP contribution is -2.35. The van der Waals surface area contributed by atoms with Crippen LogP contribution in [0.25, 0.3) is 17.4 Å². The van der Waals surface area contributed by atoms with Crippen molar-refractivity contribution < 1.29 is 18.7 Å². The van der Waals surface area contributed by atoms with Crippen LogP contribution in [0.3, 0.4) is 0 Å². The molecule has 0 saturated carbocycles. The fourth-order valence-electron chi connectivity index (χ4n) is 3.21. The average molecular weight is 487 g/mol. The van der Waals surface area contributed by atoms with Crippen LogP contribution in [0, 0.1) is 0 Å². The maximum Gasteiger partial charge on any atom is 0.325 e. The van der Waals surface area contributed by atoms with Crippen molar-refractivity contribution in [3.05, 3.63) is 82.2 Å². The molecular formula is C23H16Cl2N2O4S. The van der Waals surface area contributed by atoms with E-state index in [-0.39, 0.29) is 17.4 Å². The maximum absolute atomic E-state index is 13.3. The number of rotatable bonds is 5. The SMILES string of the molecule is COC(=O)CN1C(=S)N(c2ccc(Cl)cc2)C(=O)C1=Cc1ccc(-c2cccc(Cl)c2)o1. The van der Waals surface area contributed by atoms with E-state index in [4.69, 9.17) is 44.6 Å². The molecule has 9 heteroatoms. The van der Waals surface area contributed by atoms with Gasteiger partial charge >= 0.3 is 5.97 Å². The minimum absolute atomic E-state index is 0.149. The fraction of sp³-hybridized carbons (Fsp3) is 0.0870. The Bertz CT molecular complexity index is 1240. The highest BCUT2D eigenvalue weighted by atomic mass is 35.5. The van der Waals surface area contributed by atoms with Crippen LogP contribution in [0.1, 0.15) is 5.76 Å². The Morgan fingerprint density at radius 1 is 1.09 bits per heavy atom. The van der Waals surface area contributed by atoms with E-state index >= 15 is 0 Å². The first-order valence-corrected chi connectivity index (χ1v) is 10.6. The van der Waals surface area contributed by atoms with Crippen molar-refractivity contribution >= 4 is 64.2 Å². The summed E-state index contributed by atoms with van der Waals surface area (Å²) in [5.74, 6) is 0.0605. The lowest BCUT2D eigenvalue weighted by molar-refractivity contribution is -0.140. The van der Waals surface area contributed by atoms with Gasteiger partial charge in [0.25, 0.3) is 5.91 Å². The van der Waals surface area contributed by atoms with E-state index in [0.717, 1.165) is 5.56 Å². The minimum atomic E-state index is -0.539. The second kappa shape index (κ2) is 9.16. The molecular weight excluding hydrogens is 471 g/mol. The van der Waals surface area contributed by atoms with Gasteiger partial charge in [-0.25, -0.2) is 0 Å². The zero-order valence-electron chi connectivity index (χ0n) is 16.7. The van der Waals surface area contributed by atoms with Gasteiger partial charge in [-0.15, -0.1) is 0 Å². The van der Waals surface area contributed by atoms with Crippen LogP contribution in [0.5, 0.6) is 0 Å². The van der Waals surface area contributed by atoms with Crippen molar-refractivity contribution in [1.82, 2.24) is 4.90 Å². The Hall–Kier alpha value is -3.13. The number of thiocarbonyl (C=S) groups is 1. The van der Waals surface area contributed by atoms with Gasteiger partial charge in [0, 0.05) is 21.7 Å². The Balaban J connectivity index is 1.72. The number of carbonyl (C=O) groups is 2. The topological polar surface area (TPSA) is 63.0 Å². The molecule has 1 saturated heterocycles. The van der Waals surface area contributed by atoms with Gasteiger partial charge < -0.3 is 14.1 Å². The zero-order chi connectivity index (χ0) is 22.8. The number of nitrogens with zero attached hydrogens (tertiary/aromatic N) is 2. The molecule has 0 spiro atoms. The monoisotopic (exact) mass is 486 g/mol. The third-order valence-electron chi connectivity index (χ3n) is 4.75. The zero-order valence-corrected chi connectivity index (χ0v) is 19.1. The van der Waals surface area contributed by atoms with Gasteiger partial charge in [0.15, 0.2) is 5.11 Å². The number of hydrogen-bond donors (Lipinski definition) is 0. The third-order valence-corrected chi connectivity index (χ3v) is 5.64. The van der Waals surface area contributed by atoms with Crippen molar-refractivity contribution in [2.75, 3.05) is 18.6 Å². The molecule has 1 aliphatic rings. The van der Waals surface area contributed by atoms with Crippen molar-refractivity contribution in [2.45, 2.75) is 0 Å². The molecule has 0 atom stereocenters. The molecule has 0 unspecified atom stereocenters. The summed E-state index contributed by atoms with van der Waals surface area (Å²) < 4.78 is 10.7. The molecule has 1 fully saturated rings. The number of hydrogen-bond acceptors (Lipinski definition) is 5. The van der Waals surface area contributed by atoms with Crippen molar-refractivity contribution in [2.24, 2.45) is 0 Å². The van der Waals surface area contributed by atoms with Gasteiger partial charge in [0.1, 0.15) is 23.8 Å². The molecule has 1 aliphatic heterocycles. The molecule has 0 aliphatic carbocycles. The third kappa shape index (κ3) is 4.41. The smallest absolute Gasteiger partial charge is 0.325 e. The molecule has 1 amide bonds.